The minimum Gasteiger partial charge on any atom is -0.349 e. The van der Waals surface area contributed by atoms with Crippen LogP contribution in [0.15, 0.2) is 24.3 Å². The number of aryl methyl sites for hydroxylation is 3. The first-order valence-corrected chi connectivity index (χ1v) is 8.70. The lowest BCUT2D eigenvalue weighted by Crippen LogP contribution is -2.36. The number of hydrogen-bond donors (Lipinski definition) is 1. The third kappa shape index (κ3) is 4.39. The monoisotopic (exact) mass is 331 g/mol. The van der Waals surface area contributed by atoms with Gasteiger partial charge in [0.2, 0.25) is 5.91 Å². The minimum absolute atomic E-state index is 0.0182. The number of hydrogen-bond acceptors (Lipinski definition) is 4. The molecule has 1 aromatic carbocycles. The third-order valence-electron chi connectivity index (χ3n) is 3.82. The van der Waals surface area contributed by atoms with Crippen molar-refractivity contribution in [3.05, 3.63) is 51.0 Å². The molecule has 1 heterocycles. The first-order chi connectivity index (χ1) is 10.9. The predicted molar refractivity (Wildman–Crippen MR) is 95.7 cm³/mol. The van der Waals surface area contributed by atoms with E-state index in [1.54, 1.807) is 11.3 Å². The number of aromatic nitrogens is 1. The normalized spacial score (nSPS) is 12.4. The smallest absolute Gasteiger partial charge is 0.242 e. The number of thiazole rings is 1. The van der Waals surface area contributed by atoms with Gasteiger partial charge >= 0.3 is 0 Å². The molecule has 0 bridgehead atoms. The molecule has 1 aromatic heterocycles. The van der Waals surface area contributed by atoms with E-state index in [0.717, 1.165) is 27.6 Å². The molecule has 0 saturated carbocycles. The van der Waals surface area contributed by atoms with Crippen LogP contribution in [-0.4, -0.2) is 29.9 Å². The highest BCUT2D eigenvalue weighted by Crippen LogP contribution is 2.21. The van der Waals surface area contributed by atoms with E-state index in [1.807, 2.05) is 57.1 Å². The summed E-state index contributed by atoms with van der Waals surface area (Å²) in [5, 5.41) is 4.18. The van der Waals surface area contributed by atoms with E-state index in [-0.39, 0.29) is 11.9 Å². The van der Waals surface area contributed by atoms with E-state index in [0.29, 0.717) is 6.54 Å². The summed E-state index contributed by atoms with van der Waals surface area (Å²) in [6.45, 7) is 6.69. The Bertz CT molecular complexity index is 661. The first-order valence-electron chi connectivity index (χ1n) is 7.88. The van der Waals surface area contributed by atoms with E-state index >= 15 is 0 Å². The summed E-state index contributed by atoms with van der Waals surface area (Å²) in [6, 6.07) is 7.84. The predicted octanol–water partition coefficient (Wildman–Crippen LogP) is 3.24. The van der Waals surface area contributed by atoms with Crippen LogP contribution in [0.1, 0.15) is 39.7 Å². The van der Waals surface area contributed by atoms with Gasteiger partial charge in [-0.05, 0) is 39.9 Å². The molecule has 0 saturated heterocycles. The highest BCUT2D eigenvalue weighted by atomic mass is 32.1. The van der Waals surface area contributed by atoms with Gasteiger partial charge in [-0.25, -0.2) is 4.98 Å². The van der Waals surface area contributed by atoms with Crippen molar-refractivity contribution in [2.24, 2.45) is 0 Å². The summed E-state index contributed by atoms with van der Waals surface area (Å²) in [6.07, 6.45) is 0.934. The Hall–Kier alpha value is -1.72. The zero-order valence-corrected chi connectivity index (χ0v) is 15.3. The summed E-state index contributed by atoms with van der Waals surface area (Å²) in [5.41, 5.74) is 3.22. The van der Waals surface area contributed by atoms with Gasteiger partial charge < -0.3 is 5.32 Å². The van der Waals surface area contributed by atoms with Gasteiger partial charge in [-0.2, -0.15) is 0 Å². The molecule has 1 unspecified atom stereocenters. The van der Waals surface area contributed by atoms with Crippen LogP contribution in [-0.2, 0) is 17.8 Å². The van der Waals surface area contributed by atoms with Gasteiger partial charge in [0, 0.05) is 4.88 Å². The van der Waals surface area contributed by atoms with Crippen molar-refractivity contribution in [1.29, 1.82) is 0 Å². The highest BCUT2D eigenvalue weighted by Gasteiger charge is 2.23. The summed E-state index contributed by atoms with van der Waals surface area (Å²) in [7, 11) is 3.86. The van der Waals surface area contributed by atoms with Crippen molar-refractivity contribution in [3.63, 3.8) is 0 Å². The molecule has 23 heavy (non-hydrogen) atoms. The Kier molecular flexibility index (Phi) is 5.91. The second-order valence-electron chi connectivity index (χ2n) is 5.96. The van der Waals surface area contributed by atoms with Crippen LogP contribution in [0.4, 0.5) is 0 Å². The molecule has 0 aliphatic carbocycles. The number of nitrogens with zero attached hydrogens (tertiary/aromatic N) is 2. The molecule has 2 rings (SSSR count). The molecule has 1 atom stereocenters. The standard InChI is InChI=1S/C18H25N3OS/c1-6-16-20-13(3)15(23-16)11-19-18(22)17(21(4)5)14-9-7-12(2)8-10-14/h7-10,17H,6,11H2,1-5H3,(H,19,22). The average Bonchev–Trinajstić information content (AvgIpc) is 2.87. The fourth-order valence-corrected chi connectivity index (χ4v) is 3.45. The molecule has 5 heteroatoms. The zero-order valence-electron chi connectivity index (χ0n) is 14.5. The number of nitrogens with one attached hydrogen (secondary N) is 1. The number of likely N-dealkylation sites (N-methyl/N-ethyl adjacent to an activating group) is 1. The van der Waals surface area contributed by atoms with Gasteiger partial charge in [-0.3, -0.25) is 9.69 Å². The fourth-order valence-electron chi connectivity index (χ4n) is 2.50. The van der Waals surface area contributed by atoms with Crippen molar-refractivity contribution in [1.82, 2.24) is 15.2 Å². The van der Waals surface area contributed by atoms with E-state index in [1.165, 1.54) is 5.56 Å². The second-order valence-corrected chi connectivity index (χ2v) is 7.13. The van der Waals surface area contributed by atoms with E-state index < -0.39 is 0 Å². The van der Waals surface area contributed by atoms with Gasteiger partial charge in [0.1, 0.15) is 6.04 Å². The van der Waals surface area contributed by atoms with Gasteiger partial charge in [-0.15, -0.1) is 11.3 Å². The van der Waals surface area contributed by atoms with Crippen LogP contribution >= 0.6 is 11.3 Å². The van der Waals surface area contributed by atoms with Crippen molar-refractivity contribution in [2.75, 3.05) is 14.1 Å². The maximum Gasteiger partial charge on any atom is 0.242 e. The van der Waals surface area contributed by atoms with Crippen molar-refractivity contribution in [2.45, 2.75) is 39.8 Å². The summed E-state index contributed by atoms with van der Waals surface area (Å²) < 4.78 is 0. The van der Waals surface area contributed by atoms with Crippen LogP contribution in [0, 0.1) is 13.8 Å². The highest BCUT2D eigenvalue weighted by molar-refractivity contribution is 7.11. The molecule has 1 N–H and O–H groups in total. The molecule has 4 nitrogen and oxygen atoms in total. The Morgan fingerprint density at radius 3 is 2.43 bits per heavy atom. The average molecular weight is 331 g/mol. The van der Waals surface area contributed by atoms with Gasteiger partial charge in [-0.1, -0.05) is 36.8 Å². The molecule has 0 fully saturated rings. The van der Waals surface area contributed by atoms with Crippen LogP contribution in [0.5, 0.6) is 0 Å². The first kappa shape index (κ1) is 17.6. The maximum absolute atomic E-state index is 12.7. The quantitative estimate of drug-likeness (QED) is 0.884. The summed E-state index contributed by atoms with van der Waals surface area (Å²) in [5.74, 6) is 0.0182. The molecule has 124 valence electrons. The minimum atomic E-state index is -0.283. The third-order valence-corrected chi connectivity index (χ3v) is 5.12. The largest absolute Gasteiger partial charge is 0.349 e. The van der Waals surface area contributed by atoms with Crippen molar-refractivity contribution >= 4 is 17.2 Å². The number of benzene rings is 1. The van der Waals surface area contributed by atoms with Crippen LogP contribution in [0.25, 0.3) is 0 Å². The number of amides is 1. The maximum atomic E-state index is 12.7. The SMILES string of the molecule is CCc1nc(C)c(CNC(=O)C(c2ccc(C)cc2)N(C)C)s1. The van der Waals surface area contributed by atoms with Crippen LogP contribution in [0.3, 0.4) is 0 Å². The molecule has 0 aliphatic heterocycles. The van der Waals surface area contributed by atoms with E-state index in [9.17, 15) is 4.79 Å². The molecule has 0 spiro atoms. The van der Waals surface area contributed by atoms with Crippen LogP contribution in [0.2, 0.25) is 0 Å². The molecule has 1 amide bonds. The lowest BCUT2D eigenvalue weighted by molar-refractivity contribution is -0.125. The topological polar surface area (TPSA) is 45.2 Å². The Morgan fingerprint density at radius 2 is 1.91 bits per heavy atom. The summed E-state index contributed by atoms with van der Waals surface area (Å²) in [4.78, 5) is 20.3. The zero-order chi connectivity index (χ0) is 17.0. The lowest BCUT2D eigenvalue weighted by Gasteiger charge is -2.24. The van der Waals surface area contributed by atoms with E-state index in [2.05, 4.69) is 17.2 Å². The van der Waals surface area contributed by atoms with E-state index in [4.69, 9.17) is 0 Å². The van der Waals surface area contributed by atoms with Crippen LogP contribution < -0.4 is 5.32 Å². The molecular formula is C18H25N3OS. The summed E-state index contributed by atoms with van der Waals surface area (Å²) >= 11 is 1.68. The molecule has 0 radical (unpaired) electrons. The van der Waals surface area contributed by atoms with Gasteiger partial charge in [0.25, 0.3) is 0 Å². The number of rotatable bonds is 6. The van der Waals surface area contributed by atoms with Crippen molar-refractivity contribution in [3.8, 4) is 0 Å². The number of carbonyl (C=O) groups excluding carboxylic acids is 1. The Balaban J connectivity index is 2.09. The van der Waals surface area contributed by atoms with Crippen molar-refractivity contribution < 1.29 is 4.79 Å². The van der Waals surface area contributed by atoms with Gasteiger partial charge in [0.05, 0.1) is 17.2 Å². The molecule has 0 aliphatic rings. The number of carbonyl (C=O) groups is 1. The molecular weight excluding hydrogens is 306 g/mol. The molecule has 2 aromatic rings. The Labute approximate surface area is 142 Å². The Morgan fingerprint density at radius 1 is 1.26 bits per heavy atom. The van der Waals surface area contributed by atoms with Gasteiger partial charge in [0.15, 0.2) is 0 Å². The fraction of sp³-hybridized carbons (Fsp3) is 0.444. The second kappa shape index (κ2) is 7.70. The lowest BCUT2D eigenvalue weighted by atomic mass is 10.0.